The highest BCUT2D eigenvalue weighted by atomic mass is 35.5. The third kappa shape index (κ3) is 4.37. The number of alkyl halides is 3. The van der Waals surface area contributed by atoms with E-state index in [0.29, 0.717) is 6.54 Å². The molecular formula is C13H15ClF3N3. The maximum absolute atomic E-state index is 12.6. The minimum absolute atomic E-state index is 0.105. The van der Waals surface area contributed by atoms with E-state index in [9.17, 15) is 13.2 Å². The van der Waals surface area contributed by atoms with Crippen molar-refractivity contribution in [2.45, 2.75) is 38.3 Å². The summed E-state index contributed by atoms with van der Waals surface area (Å²) in [7, 11) is 0. The highest BCUT2D eigenvalue weighted by Gasteiger charge is 2.33. The van der Waals surface area contributed by atoms with Gasteiger partial charge in [-0.25, -0.2) is 9.97 Å². The molecule has 0 atom stereocenters. The van der Waals surface area contributed by atoms with Crippen LogP contribution in [0.2, 0.25) is 5.28 Å². The zero-order valence-electron chi connectivity index (χ0n) is 10.8. The van der Waals surface area contributed by atoms with Crippen LogP contribution in [-0.4, -0.2) is 16.5 Å². The molecule has 0 spiro atoms. The van der Waals surface area contributed by atoms with Crippen molar-refractivity contribution in [1.82, 2.24) is 9.97 Å². The van der Waals surface area contributed by atoms with Crippen molar-refractivity contribution >= 4 is 17.4 Å². The predicted octanol–water partition coefficient (Wildman–Crippen LogP) is 4.45. The molecule has 1 aliphatic rings. The van der Waals surface area contributed by atoms with E-state index in [2.05, 4.69) is 21.4 Å². The van der Waals surface area contributed by atoms with E-state index >= 15 is 0 Å². The molecule has 7 heteroatoms. The standard InChI is InChI=1S/C13H15ClF3N3/c14-12-19-10(13(15,16)17)8-11(20-12)18-7-6-9-4-2-1-3-5-9/h4,8H,1-3,5-7H2,(H,18,19,20). The quantitative estimate of drug-likeness (QED) is 0.659. The first-order chi connectivity index (χ1) is 9.45. The Bertz CT molecular complexity index is 500. The van der Waals surface area contributed by atoms with Crippen LogP contribution in [0.25, 0.3) is 0 Å². The molecule has 0 amide bonds. The van der Waals surface area contributed by atoms with Crippen LogP contribution in [-0.2, 0) is 6.18 Å². The average molecular weight is 306 g/mol. The lowest BCUT2D eigenvalue weighted by molar-refractivity contribution is -0.141. The molecule has 110 valence electrons. The van der Waals surface area contributed by atoms with Gasteiger partial charge in [0.2, 0.25) is 5.28 Å². The SMILES string of the molecule is FC(F)(F)c1cc(NCCC2=CCCCC2)nc(Cl)n1. The molecule has 1 N–H and O–H groups in total. The molecule has 0 unspecified atom stereocenters. The molecule has 0 bridgehead atoms. The van der Waals surface area contributed by atoms with Crippen molar-refractivity contribution in [3.63, 3.8) is 0 Å². The Kier molecular flexibility index (Phi) is 4.86. The summed E-state index contributed by atoms with van der Waals surface area (Å²) in [5.41, 5.74) is 0.317. The Morgan fingerprint density at radius 3 is 2.70 bits per heavy atom. The van der Waals surface area contributed by atoms with Gasteiger partial charge in [-0.05, 0) is 43.7 Å². The Hall–Kier alpha value is -1.30. The molecule has 1 aliphatic carbocycles. The fraction of sp³-hybridized carbons (Fsp3) is 0.538. The predicted molar refractivity (Wildman–Crippen MR) is 71.7 cm³/mol. The molecule has 0 saturated carbocycles. The largest absolute Gasteiger partial charge is 0.433 e. The van der Waals surface area contributed by atoms with Crippen molar-refractivity contribution in [3.05, 3.63) is 28.7 Å². The Balaban J connectivity index is 1.95. The van der Waals surface area contributed by atoms with Crippen LogP contribution in [0.4, 0.5) is 19.0 Å². The summed E-state index contributed by atoms with van der Waals surface area (Å²) in [4.78, 5) is 6.93. The Labute approximate surface area is 120 Å². The van der Waals surface area contributed by atoms with Gasteiger partial charge in [0.05, 0.1) is 0 Å². The van der Waals surface area contributed by atoms with E-state index in [1.807, 2.05) is 0 Å². The first-order valence-electron chi connectivity index (χ1n) is 6.49. The van der Waals surface area contributed by atoms with Crippen LogP contribution >= 0.6 is 11.6 Å². The summed E-state index contributed by atoms with van der Waals surface area (Å²) >= 11 is 5.51. The van der Waals surface area contributed by atoms with Crippen LogP contribution in [0.3, 0.4) is 0 Å². The lowest BCUT2D eigenvalue weighted by atomic mass is 9.97. The lowest BCUT2D eigenvalue weighted by Gasteiger charge is -2.13. The molecule has 0 aromatic carbocycles. The van der Waals surface area contributed by atoms with Crippen LogP contribution in [0.5, 0.6) is 0 Å². The highest BCUT2D eigenvalue weighted by Crippen LogP contribution is 2.29. The molecule has 1 aromatic rings. The number of allylic oxidation sites excluding steroid dienone is 1. The van der Waals surface area contributed by atoms with Crippen molar-refractivity contribution < 1.29 is 13.2 Å². The second kappa shape index (κ2) is 6.43. The van der Waals surface area contributed by atoms with E-state index in [0.717, 1.165) is 25.3 Å². The fourth-order valence-electron chi connectivity index (χ4n) is 2.14. The number of aromatic nitrogens is 2. The minimum Gasteiger partial charge on any atom is -0.370 e. The summed E-state index contributed by atoms with van der Waals surface area (Å²) in [6, 6.07) is 0.876. The van der Waals surface area contributed by atoms with Crippen molar-refractivity contribution in [2.24, 2.45) is 0 Å². The first-order valence-corrected chi connectivity index (χ1v) is 6.86. The number of nitrogens with zero attached hydrogens (tertiary/aromatic N) is 2. The van der Waals surface area contributed by atoms with Crippen LogP contribution < -0.4 is 5.32 Å². The number of nitrogens with one attached hydrogen (secondary N) is 1. The van der Waals surface area contributed by atoms with Crippen molar-refractivity contribution in [1.29, 1.82) is 0 Å². The second-order valence-corrected chi connectivity index (χ2v) is 5.03. The van der Waals surface area contributed by atoms with Gasteiger partial charge < -0.3 is 5.32 Å². The topological polar surface area (TPSA) is 37.8 Å². The first kappa shape index (κ1) is 15.1. The van der Waals surface area contributed by atoms with Gasteiger partial charge in [-0.3, -0.25) is 0 Å². The molecule has 1 aromatic heterocycles. The molecule has 1 heterocycles. The number of halogens is 4. The zero-order chi connectivity index (χ0) is 14.6. The molecule has 0 fully saturated rings. The molecular weight excluding hydrogens is 291 g/mol. The van der Waals surface area contributed by atoms with Crippen molar-refractivity contribution in [3.8, 4) is 0 Å². The Morgan fingerprint density at radius 1 is 1.25 bits per heavy atom. The minimum atomic E-state index is -4.52. The summed E-state index contributed by atoms with van der Waals surface area (Å²) in [5.74, 6) is 0.105. The van der Waals surface area contributed by atoms with E-state index in [1.54, 1.807) is 0 Å². The number of hydrogen-bond donors (Lipinski definition) is 1. The summed E-state index contributed by atoms with van der Waals surface area (Å²) in [5, 5.41) is 2.47. The van der Waals surface area contributed by atoms with Gasteiger partial charge in [0, 0.05) is 12.6 Å². The number of anilines is 1. The summed E-state index contributed by atoms with van der Waals surface area (Å²) in [6.45, 7) is 0.538. The molecule has 2 rings (SSSR count). The monoisotopic (exact) mass is 305 g/mol. The van der Waals surface area contributed by atoms with E-state index < -0.39 is 17.2 Å². The van der Waals surface area contributed by atoms with Crippen LogP contribution in [0.15, 0.2) is 17.7 Å². The second-order valence-electron chi connectivity index (χ2n) is 4.69. The normalized spacial score (nSPS) is 15.9. The molecule has 0 aliphatic heterocycles. The van der Waals surface area contributed by atoms with E-state index in [-0.39, 0.29) is 5.82 Å². The zero-order valence-corrected chi connectivity index (χ0v) is 11.6. The van der Waals surface area contributed by atoms with Crippen LogP contribution in [0, 0.1) is 0 Å². The average Bonchev–Trinajstić information content (AvgIpc) is 2.38. The number of hydrogen-bond acceptors (Lipinski definition) is 3. The van der Waals surface area contributed by atoms with Crippen LogP contribution in [0.1, 0.15) is 37.8 Å². The smallest absolute Gasteiger partial charge is 0.370 e. The third-order valence-electron chi connectivity index (χ3n) is 3.13. The van der Waals surface area contributed by atoms with Gasteiger partial charge >= 0.3 is 6.18 Å². The fourth-order valence-corrected chi connectivity index (χ4v) is 2.32. The third-order valence-corrected chi connectivity index (χ3v) is 3.30. The highest BCUT2D eigenvalue weighted by molar-refractivity contribution is 6.28. The van der Waals surface area contributed by atoms with Gasteiger partial charge in [-0.1, -0.05) is 11.6 Å². The maximum Gasteiger partial charge on any atom is 0.433 e. The van der Waals surface area contributed by atoms with Gasteiger partial charge in [-0.2, -0.15) is 13.2 Å². The van der Waals surface area contributed by atoms with E-state index in [4.69, 9.17) is 11.6 Å². The summed E-state index contributed by atoms with van der Waals surface area (Å²) in [6.07, 6.45) is 3.06. The van der Waals surface area contributed by atoms with Gasteiger partial charge in [0.15, 0.2) is 5.69 Å². The number of rotatable bonds is 4. The van der Waals surface area contributed by atoms with Gasteiger partial charge in [-0.15, -0.1) is 0 Å². The van der Waals surface area contributed by atoms with Gasteiger partial charge in [0.1, 0.15) is 5.82 Å². The Morgan fingerprint density at radius 2 is 2.05 bits per heavy atom. The molecule has 20 heavy (non-hydrogen) atoms. The van der Waals surface area contributed by atoms with Gasteiger partial charge in [0.25, 0.3) is 0 Å². The van der Waals surface area contributed by atoms with Crippen molar-refractivity contribution in [2.75, 3.05) is 11.9 Å². The lowest BCUT2D eigenvalue weighted by Crippen LogP contribution is -2.12. The maximum atomic E-state index is 12.6. The summed E-state index contributed by atoms with van der Waals surface area (Å²) < 4.78 is 37.7. The molecule has 0 saturated heterocycles. The molecule has 3 nitrogen and oxygen atoms in total. The van der Waals surface area contributed by atoms with E-state index in [1.165, 1.54) is 18.4 Å². The molecule has 0 radical (unpaired) electrons.